The van der Waals surface area contributed by atoms with Crippen LogP contribution >= 0.6 is 0 Å². The summed E-state index contributed by atoms with van der Waals surface area (Å²) in [5, 5.41) is 0. The summed E-state index contributed by atoms with van der Waals surface area (Å²) in [4.78, 5) is 0. The smallest absolute Gasteiger partial charge is 0.132 e. The number of aryl methyl sites for hydroxylation is 1. The van der Waals surface area contributed by atoms with Gasteiger partial charge in [0.15, 0.2) is 0 Å². The van der Waals surface area contributed by atoms with E-state index < -0.39 is 6.17 Å². The van der Waals surface area contributed by atoms with Crippen molar-refractivity contribution in [2.45, 2.75) is 45.2 Å². The average molecular weight is 235 g/mol. The quantitative estimate of drug-likeness (QED) is 0.844. The number of rotatable bonds is 3. The predicted octanol–water partition coefficient (Wildman–Crippen LogP) is 3.91. The molecule has 17 heavy (non-hydrogen) atoms. The monoisotopic (exact) mass is 235 g/mol. The van der Waals surface area contributed by atoms with E-state index in [0.29, 0.717) is 6.54 Å². The second-order valence-electron chi connectivity index (χ2n) is 5.40. The molecular formula is C15H22FN. The molecule has 2 N–H and O–H groups in total. The first-order chi connectivity index (χ1) is 8.18. The molecule has 2 rings (SSSR count). The summed E-state index contributed by atoms with van der Waals surface area (Å²) in [6, 6.07) is 7.78. The van der Waals surface area contributed by atoms with Crippen molar-refractivity contribution in [3.63, 3.8) is 0 Å². The van der Waals surface area contributed by atoms with Crippen molar-refractivity contribution >= 4 is 0 Å². The summed E-state index contributed by atoms with van der Waals surface area (Å²) < 4.78 is 14.7. The fourth-order valence-corrected chi connectivity index (χ4v) is 2.91. The Morgan fingerprint density at radius 1 is 1.18 bits per heavy atom. The van der Waals surface area contributed by atoms with Crippen LogP contribution in [0.4, 0.5) is 4.39 Å². The Morgan fingerprint density at radius 3 is 2.29 bits per heavy atom. The van der Waals surface area contributed by atoms with Gasteiger partial charge in [-0.25, -0.2) is 4.39 Å². The van der Waals surface area contributed by atoms with Crippen molar-refractivity contribution in [2.75, 3.05) is 6.54 Å². The highest BCUT2D eigenvalue weighted by Gasteiger charge is 2.39. The molecular weight excluding hydrogens is 213 g/mol. The van der Waals surface area contributed by atoms with E-state index in [1.165, 1.54) is 12.0 Å². The zero-order valence-corrected chi connectivity index (χ0v) is 10.6. The summed E-state index contributed by atoms with van der Waals surface area (Å²) in [6.45, 7) is 2.48. The minimum Gasteiger partial charge on any atom is -0.330 e. The first-order valence-corrected chi connectivity index (χ1v) is 6.59. The van der Waals surface area contributed by atoms with E-state index in [9.17, 15) is 4.39 Å². The van der Waals surface area contributed by atoms with Gasteiger partial charge in [0.05, 0.1) is 0 Å². The molecule has 1 saturated carbocycles. The Labute approximate surface area is 103 Å². The minimum atomic E-state index is -0.909. The summed E-state index contributed by atoms with van der Waals surface area (Å²) in [6.07, 6.45) is 4.40. The van der Waals surface area contributed by atoms with Crippen LogP contribution in [0.15, 0.2) is 24.3 Å². The van der Waals surface area contributed by atoms with Gasteiger partial charge in [0.25, 0.3) is 0 Å². The summed E-state index contributed by atoms with van der Waals surface area (Å²) in [5.74, 6) is 0. The molecule has 0 bridgehead atoms. The van der Waals surface area contributed by atoms with Gasteiger partial charge in [0.2, 0.25) is 0 Å². The Bertz CT molecular complexity index is 352. The second kappa shape index (κ2) is 5.18. The number of hydrogen-bond donors (Lipinski definition) is 1. The van der Waals surface area contributed by atoms with Gasteiger partial charge in [-0.05, 0) is 25.3 Å². The molecule has 0 amide bonds. The van der Waals surface area contributed by atoms with Gasteiger partial charge in [-0.3, -0.25) is 0 Å². The van der Waals surface area contributed by atoms with Gasteiger partial charge in [-0.1, -0.05) is 49.1 Å². The largest absolute Gasteiger partial charge is 0.330 e. The SMILES string of the molecule is Cc1ccc(C(F)C2(CN)CCCCC2)cc1. The molecule has 0 aliphatic heterocycles. The lowest BCUT2D eigenvalue weighted by molar-refractivity contribution is 0.0677. The van der Waals surface area contributed by atoms with Crippen molar-refractivity contribution < 1.29 is 4.39 Å². The highest BCUT2D eigenvalue weighted by atomic mass is 19.1. The van der Waals surface area contributed by atoms with Crippen LogP contribution in [0.5, 0.6) is 0 Å². The van der Waals surface area contributed by atoms with Crippen molar-refractivity contribution in [1.82, 2.24) is 0 Å². The molecule has 0 spiro atoms. The molecule has 1 atom stereocenters. The maximum Gasteiger partial charge on any atom is 0.132 e. The summed E-state index contributed by atoms with van der Waals surface area (Å²) in [5.41, 5.74) is 7.52. The van der Waals surface area contributed by atoms with E-state index in [1.54, 1.807) is 0 Å². The Hall–Kier alpha value is -0.890. The summed E-state index contributed by atoms with van der Waals surface area (Å²) in [7, 11) is 0. The maximum absolute atomic E-state index is 14.7. The second-order valence-corrected chi connectivity index (χ2v) is 5.40. The molecule has 0 aromatic heterocycles. The van der Waals surface area contributed by atoms with Crippen molar-refractivity contribution in [1.29, 1.82) is 0 Å². The fraction of sp³-hybridized carbons (Fsp3) is 0.600. The van der Waals surface area contributed by atoms with Crippen molar-refractivity contribution in [3.8, 4) is 0 Å². The predicted molar refractivity (Wildman–Crippen MR) is 69.6 cm³/mol. The standard InChI is InChI=1S/C15H22FN/c1-12-5-7-13(8-6-12)14(16)15(11-17)9-3-2-4-10-15/h5-8,14H,2-4,9-11,17H2,1H3. The van der Waals surface area contributed by atoms with E-state index >= 15 is 0 Å². The molecule has 0 radical (unpaired) electrons. The first-order valence-electron chi connectivity index (χ1n) is 6.59. The van der Waals surface area contributed by atoms with Gasteiger partial charge >= 0.3 is 0 Å². The average Bonchev–Trinajstić information content (AvgIpc) is 2.39. The highest BCUT2D eigenvalue weighted by molar-refractivity contribution is 5.25. The lowest BCUT2D eigenvalue weighted by atomic mass is 9.69. The molecule has 1 unspecified atom stereocenters. The van der Waals surface area contributed by atoms with Gasteiger partial charge in [-0.15, -0.1) is 0 Å². The summed E-state index contributed by atoms with van der Waals surface area (Å²) >= 11 is 0. The Morgan fingerprint density at radius 2 is 1.76 bits per heavy atom. The molecule has 0 saturated heterocycles. The maximum atomic E-state index is 14.7. The van der Waals surface area contributed by atoms with Gasteiger partial charge in [0.1, 0.15) is 6.17 Å². The van der Waals surface area contributed by atoms with Crippen LogP contribution in [-0.4, -0.2) is 6.54 Å². The number of benzene rings is 1. The van der Waals surface area contributed by atoms with Crippen molar-refractivity contribution in [2.24, 2.45) is 11.1 Å². The molecule has 1 aromatic rings. The first kappa shape index (κ1) is 12.6. The van der Waals surface area contributed by atoms with Crippen LogP contribution in [0.2, 0.25) is 0 Å². The lowest BCUT2D eigenvalue weighted by Gasteiger charge is -2.39. The minimum absolute atomic E-state index is 0.312. The van der Waals surface area contributed by atoms with E-state index in [0.717, 1.165) is 31.2 Å². The topological polar surface area (TPSA) is 26.0 Å². The fourth-order valence-electron chi connectivity index (χ4n) is 2.91. The van der Waals surface area contributed by atoms with E-state index in [-0.39, 0.29) is 5.41 Å². The van der Waals surface area contributed by atoms with Crippen LogP contribution in [0, 0.1) is 12.3 Å². The lowest BCUT2D eigenvalue weighted by Crippen LogP contribution is -2.37. The number of halogens is 1. The number of hydrogen-bond acceptors (Lipinski definition) is 1. The molecule has 1 aliphatic rings. The van der Waals surface area contributed by atoms with E-state index in [2.05, 4.69) is 0 Å². The number of nitrogens with two attached hydrogens (primary N) is 1. The molecule has 1 aromatic carbocycles. The van der Waals surface area contributed by atoms with Crippen LogP contribution in [0.1, 0.15) is 49.4 Å². The van der Waals surface area contributed by atoms with Crippen LogP contribution in [-0.2, 0) is 0 Å². The zero-order valence-electron chi connectivity index (χ0n) is 10.6. The molecule has 1 nitrogen and oxygen atoms in total. The van der Waals surface area contributed by atoms with Crippen LogP contribution < -0.4 is 5.73 Å². The molecule has 2 heteroatoms. The number of alkyl halides is 1. The van der Waals surface area contributed by atoms with Gasteiger partial charge in [0, 0.05) is 12.0 Å². The Kier molecular flexibility index (Phi) is 3.82. The van der Waals surface area contributed by atoms with Gasteiger partial charge < -0.3 is 5.73 Å². The van der Waals surface area contributed by atoms with Gasteiger partial charge in [-0.2, -0.15) is 0 Å². The van der Waals surface area contributed by atoms with E-state index in [4.69, 9.17) is 5.73 Å². The van der Waals surface area contributed by atoms with Crippen LogP contribution in [0.25, 0.3) is 0 Å². The molecule has 1 fully saturated rings. The molecule has 0 heterocycles. The van der Waals surface area contributed by atoms with E-state index in [1.807, 2.05) is 31.2 Å². The third-order valence-corrected chi connectivity index (χ3v) is 4.16. The third-order valence-electron chi connectivity index (χ3n) is 4.16. The molecule has 1 aliphatic carbocycles. The normalized spacial score (nSPS) is 21.1. The van der Waals surface area contributed by atoms with Crippen molar-refractivity contribution in [3.05, 3.63) is 35.4 Å². The van der Waals surface area contributed by atoms with Crippen LogP contribution in [0.3, 0.4) is 0 Å². The third kappa shape index (κ3) is 2.52. The zero-order chi connectivity index (χ0) is 12.3. The molecule has 94 valence electrons. The highest BCUT2D eigenvalue weighted by Crippen LogP contribution is 2.47. The Balaban J connectivity index is 2.21.